The maximum atomic E-state index is 12.8. The van der Waals surface area contributed by atoms with Gasteiger partial charge < -0.3 is 18.9 Å². The van der Waals surface area contributed by atoms with Crippen molar-refractivity contribution < 1.29 is 28.5 Å². The molecule has 0 saturated carbocycles. The number of Topliss-reactive ketones (excluding diaryl/α,β-unsaturated/α-hetero) is 2. The normalized spacial score (nSPS) is 10.5. The summed E-state index contributed by atoms with van der Waals surface area (Å²) in [5.41, 5.74) is 2.98. The number of methoxy groups -OCH3 is 2. The van der Waals surface area contributed by atoms with Gasteiger partial charge in [0.25, 0.3) is 0 Å². The van der Waals surface area contributed by atoms with E-state index in [0.29, 0.717) is 47.3 Å². The van der Waals surface area contributed by atoms with Crippen LogP contribution in [0.25, 0.3) is 0 Å². The number of hydrogen-bond acceptors (Lipinski definition) is 6. The summed E-state index contributed by atoms with van der Waals surface area (Å²) in [7, 11) is 3.06. The zero-order valence-corrected chi connectivity index (χ0v) is 21.5. The number of carbonyl (C=O) groups excluding carboxylic acids is 2. The predicted molar refractivity (Wildman–Crippen MR) is 145 cm³/mol. The van der Waals surface area contributed by atoms with Crippen LogP contribution in [-0.4, -0.2) is 25.8 Å². The second-order valence-electron chi connectivity index (χ2n) is 8.63. The third kappa shape index (κ3) is 7.01. The predicted octanol–water partition coefficient (Wildman–Crippen LogP) is 6.71. The molecule has 0 aliphatic heterocycles. The number of carbonyl (C=O) groups is 2. The van der Waals surface area contributed by atoms with E-state index in [0.717, 1.165) is 11.1 Å². The minimum atomic E-state index is -0.152. The molecule has 0 aliphatic rings. The number of rotatable bonds is 13. The molecule has 0 aromatic heterocycles. The summed E-state index contributed by atoms with van der Waals surface area (Å²) in [6.07, 6.45) is 0.140. The molecule has 0 atom stereocenters. The van der Waals surface area contributed by atoms with E-state index in [1.165, 1.54) is 14.2 Å². The van der Waals surface area contributed by atoms with Crippen LogP contribution in [0.5, 0.6) is 23.0 Å². The highest BCUT2D eigenvalue weighted by molar-refractivity contribution is 6.02. The van der Waals surface area contributed by atoms with Crippen molar-refractivity contribution in [3.63, 3.8) is 0 Å². The molecule has 4 aromatic rings. The Morgan fingerprint density at radius 1 is 0.526 bits per heavy atom. The monoisotopic (exact) mass is 510 g/mol. The lowest BCUT2D eigenvalue weighted by atomic mass is 10.0. The van der Waals surface area contributed by atoms with Gasteiger partial charge in [-0.05, 0) is 47.5 Å². The third-order valence-electron chi connectivity index (χ3n) is 6.02. The first kappa shape index (κ1) is 26.5. The molecular formula is C32H30O6. The molecule has 0 bridgehead atoms. The van der Waals surface area contributed by atoms with Crippen LogP contribution in [0, 0.1) is 0 Å². The van der Waals surface area contributed by atoms with E-state index in [2.05, 4.69) is 0 Å². The van der Waals surface area contributed by atoms with E-state index in [1.807, 2.05) is 60.7 Å². The van der Waals surface area contributed by atoms with Gasteiger partial charge in [0, 0.05) is 24.0 Å². The van der Waals surface area contributed by atoms with Gasteiger partial charge >= 0.3 is 0 Å². The van der Waals surface area contributed by atoms with Gasteiger partial charge in [-0.1, -0.05) is 60.7 Å². The van der Waals surface area contributed by atoms with Gasteiger partial charge in [-0.25, -0.2) is 0 Å². The lowest BCUT2D eigenvalue weighted by Gasteiger charge is -2.13. The Labute approximate surface area is 222 Å². The summed E-state index contributed by atoms with van der Waals surface area (Å²) in [4.78, 5) is 25.7. The maximum absolute atomic E-state index is 12.8. The highest BCUT2D eigenvalue weighted by Gasteiger charge is 2.16. The van der Waals surface area contributed by atoms with Crippen molar-refractivity contribution in [1.82, 2.24) is 0 Å². The Morgan fingerprint density at radius 2 is 0.921 bits per heavy atom. The van der Waals surface area contributed by atoms with Crippen LogP contribution in [0.1, 0.15) is 44.7 Å². The summed E-state index contributed by atoms with van der Waals surface area (Å²) in [5, 5.41) is 0. The number of ketones is 2. The molecule has 0 fully saturated rings. The molecule has 0 unspecified atom stereocenters. The zero-order chi connectivity index (χ0) is 26.7. The van der Waals surface area contributed by atoms with Crippen molar-refractivity contribution >= 4 is 11.6 Å². The van der Waals surface area contributed by atoms with Crippen LogP contribution in [0.2, 0.25) is 0 Å². The van der Waals surface area contributed by atoms with Crippen LogP contribution in [0.15, 0.2) is 97.1 Å². The molecule has 6 heteroatoms. The summed E-state index contributed by atoms with van der Waals surface area (Å²) in [5.74, 6) is 1.72. The minimum absolute atomic E-state index is 0.0702. The lowest BCUT2D eigenvalue weighted by molar-refractivity contribution is 0.0917. The number of benzene rings is 4. The Balaban J connectivity index is 1.34. The van der Waals surface area contributed by atoms with E-state index in [4.69, 9.17) is 18.9 Å². The van der Waals surface area contributed by atoms with Crippen LogP contribution >= 0.6 is 0 Å². The first-order valence-electron chi connectivity index (χ1n) is 12.3. The smallest absolute Gasteiger partial charge is 0.163 e. The quantitative estimate of drug-likeness (QED) is 0.186. The molecule has 38 heavy (non-hydrogen) atoms. The highest BCUT2D eigenvalue weighted by Crippen LogP contribution is 2.31. The van der Waals surface area contributed by atoms with Gasteiger partial charge in [0.1, 0.15) is 13.2 Å². The fourth-order valence-corrected chi connectivity index (χ4v) is 3.91. The standard InChI is InChI=1S/C32H30O6/c1-35-31-19-25(13-17-29(31)37-21-23-9-5-3-6-10-23)27(33)15-16-28(34)26-14-18-30(32(20-26)36-2)38-22-24-11-7-4-8-12-24/h3-14,17-20H,15-16,21-22H2,1-2H3. The summed E-state index contributed by atoms with van der Waals surface area (Å²) >= 11 is 0. The zero-order valence-electron chi connectivity index (χ0n) is 21.5. The fourth-order valence-electron chi connectivity index (χ4n) is 3.91. The van der Waals surface area contributed by atoms with Crippen molar-refractivity contribution in [1.29, 1.82) is 0 Å². The average molecular weight is 511 g/mol. The van der Waals surface area contributed by atoms with Gasteiger partial charge in [-0.2, -0.15) is 0 Å². The van der Waals surface area contributed by atoms with Gasteiger partial charge in [0.2, 0.25) is 0 Å². The van der Waals surface area contributed by atoms with E-state index in [9.17, 15) is 9.59 Å². The average Bonchev–Trinajstić information content (AvgIpc) is 2.98. The van der Waals surface area contributed by atoms with E-state index in [1.54, 1.807) is 36.4 Å². The van der Waals surface area contributed by atoms with Gasteiger partial charge in [-0.15, -0.1) is 0 Å². The Morgan fingerprint density at radius 3 is 1.29 bits per heavy atom. The second kappa shape index (κ2) is 13.1. The van der Waals surface area contributed by atoms with Crippen molar-refractivity contribution in [2.24, 2.45) is 0 Å². The van der Waals surface area contributed by atoms with E-state index < -0.39 is 0 Å². The van der Waals surface area contributed by atoms with Crippen LogP contribution in [0.4, 0.5) is 0 Å². The second-order valence-corrected chi connectivity index (χ2v) is 8.63. The Hall–Kier alpha value is -4.58. The van der Waals surface area contributed by atoms with Crippen LogP contribution in [0.3, 0.4) is 0 Å². The van der Waals surface area contributed by atoms with E-state index >= 15 is 0 Å². The van der Waals surface area contributed by atoms with Crippen molar-refractivity contribution in [3.8, 4) is 23.0 Å². The highest BCUT2D eigenvalue weighted by atomic mass is 16.5. The molecule has 0 amide bonds. The van der Waals surface area contributed by atoms with Crippen LogP contribution < -0.4 is 18.9 Å². The molecule has 0 aliphatic carbocycles. The summed E-state index contributed by atoms with van der Waals surface area (Å²) in [6, 6.07) is 29.7. The molecule has 4 aromatic carbocycles. The van der Waals surface area contributed by atoms with Crippen molar-refractivity contribution in [2.75, 3.05) is 14.2 Å². The molecule has 0 spiro atoms. The topological polar surface area (TPSA) is 71.1 Å². The van der Waals surface area contributed by atoms with Crippen molar-refractivity contribution in [3.05, 3.63) is 119 Å². The molecule has 4 rings (SSSR count). The first-order valence-corrected chi connectivity index (χ1v) is 12.3. The number of hydrogen-bond donors (Lipinski definition) is 0. The summed E-state index contributed by atoms with van der Waals surface area (Å²) in [6.45, 7) is 0.775. The molecule has 0 saturated heterocycles. The van der Waals surface area contributed by atoms with Crippen LogP contribution in [-0.2, 0) is 13.2 Å². The Kier molecular flexibility index (Phi) is 9.13. The maximum Gasteiger partial charge on any atom is 0.163 e. The SMILES string of the molecule is COc1cc(C(=O)CCC(=O)c2ccc(OCc3ccccc3)c(OC)c2)ccc1OCc1ccccc1. The van der Waals surface area contributed by atoms with Gasteiger partial charge in [0.15, 0.2) is 34.6 Å². The van der Waals surface area contributed by atoms with Gasteiger partial charge in [-0.3, -0.25) is 9.59 Å². The molecular weight excluding hydrogens is 480 g/mol. The molecule has 0 radical (unpaired) electrons. The van der Waals surface area contributed by atoms with E-state index in [-0.39, 0.29) is 24.4 Å². The minimum Gasteiger partial charge on any atom is -0.493 e. The first-order chi connectivity index (χ1) is 18.6. The lowest BCUT2D eigenvalue weighted by Crippen LogP contribution is -2.07. The van der Waals surface area contributed by atoms with Crippen molar-refractivity contribution in [2.45, 2.75) is 26.1 Å². The third-order valence-corrected chi connectivity index (χ3v) is 6.02. The molecule has 0 N–H and O–H groups in total. The van der Waals surface area contributed by atoms with Gasteiger partial charge in [0.05, 0.1) is 14.2 Å². The summed E-state index contributed by atoms with van der Waals surface area (Å²) < 4.78 is 22.6. The molecule has 194 valence electrons. The fraction of sp³-hybridized carbons (Fsp3) is 0.188. The number of ether oxygens (including phenoxy) is 4. The Bertz CT molecular complexity index is 1260. The molecule has 0 heterocycles. The molecule has 6 nitrogen and oxygen atoms in total. The largest absolute Gasteiger partial charge is 0.493 e.